The van der Waals surface area contributed by atoms with Gasteiger partial charge in [-0.3, -0.25) is 4.98 Å². The zero-order chi connectivity index (χ0) is 16.3. The maximum atomic E-state index is 12.4. The van der Waals surface area contributed by atoms with Gasteiger partial charge in [0.05, 0.1) is 36.8 Å². The van der Waals surface area contributed by atoms with E-state index in [1.165, 1.54) is 0 Å². The summed E-state index contributed by atoms with van der Waals surface area (Å²) in [4.78, 5) is 4.25. The number of ether oxygens (including phenoxy) is 2. The number of pyridine rings is 1. The van der Waals surface area contributed by atoms with E-state index in [0.717, 1.165) is 18.5 Å². The van der Waals surface area contributed by atoms with Crippen molar-refractivity contribution >= 4 is 10.0 Å². The predicted molar refractivity (Wildman–Crippen MR) is 86.4 cm³/mol. The Bertz CT molecular complexity index is 608. The Labute approximate surface area is 137 Å². The molecule has 7 heteroatoms. The molecule has 1 aromatic rings. The number of rotatable bonds is 6. The third kappa shape index (κ3) is 3.74. The molecular formula is C16H24N2O4S. The van der Waals surface area contributed by atoms with Crippen LogP contribution in [0.25, 0.3) is 0 Å². The minimum absolute atomic E-state index is 0.0679. The molecule has 0 unspecified atom stereocenters. The Morgan fingerprint density at radius 2 is 2.26 bits per heavy atom. The fourth-order valence-electron chi connectivity index (χ4n) is 3.46. The second-order valence-corrected chi connectivity index (χ2v) is 8.12. The predicted octanol–water partition coefficient (Wildman–Crippen LogP) is 1.57. The average Bonchev–Trinajstić information content (AvgIpc) is 2.97. The van der Waals surface area contributed by atoms with Crippen LogP contribution in [0.4, 0.5) is 0 Å². The van der Waals surface area contributed by atoms with Crippen molar-refractivity contribution in [3.8, 4) is 0 Å². The second-order valence-electron chi connectivity index (χ2n) is 6.08. The van der Waals surface area contributed by atoms with Gasteiger partial charge in [0.15, 0.2) is 0 Å². The first kappa shape index (κ1) is 16.8. The molecule has 2 aliphatic rings. The molecule has 2 fully saturated rings. The molecule has 2 heterocycles. The van der Waals surface area contributed by atoms with Gasteiger partial charge in [0, 0.05) is 12.7 Å². The van der Waals surface area contributed by atoms with Crippen molar-refractivity contribution in [2.45, 2.75) is 51.0 Å². The summed E-state index contributed by atoms with van der Waals surface area (Å²) < 4.78 is 38.3. The number of hydrogen-bond donors (Lipinski definition) is 0. The van der Waals surface area contributed by atoms with Gasteiger partial charge in [-0.05, 0) is 31.4 Å². The standard InChI is InChI=1S/C16H24N2O4S/c1-2-11-23(19,20)18-9-10-21-16-14(18)6-7-15(16)22-12-13-5-3-4-8-17-13/h3-5,8,14-16H,2,6-7,9-12H2,1H3/t14-,15+,16-/m1/s1. The monoisotopic (exact) mass is 340 g/mol. The van der Waals surface area contributed by atoms with Crippen LogP contribution in [0.3, 0.4) is 0 Å². The lowest BCUT2D eigenvalue weighted by Gasteiger charge is -2.38. The number of nitrogens with zero attached hydrogens (tertiary/aromatic N) is 2. The molecule has 0 amide bonds. The van der Waals surface area contributed by atoms with Crippen molar-refractivity contribution in [3.63, 3.8) is 0 Å². The zero-order valence-electron chi connectivity index (χ0n) is 13.4. The number of sulfonamides is 1. The zero-order valence-corrected chi connectivity index (χ0v) is 14.2. The van der Waals surface area contributed by atoms with Crippen molar-refractivity contribution in [2.24, 2.45) is 0 Å². The molecule has 0 N–H and O–H groups in total. The van der Waals surface area contributed by atoms with E-state index in [1.807, 2.05) is 25.1 Å². The Morgan fingerprint density at radius 3 is 3.00 bits per heavy atom. The number of fused-ring (bicyclic) bond motifs is 1. The first-order valence-electron chi connectivity index (χ1n) is 8.24. The van der Waals surface area contributed by atoms with Crippen LogP contribution in [0.2, 0.25) is 0 Å². The van der Waals surface area contributed by atoms with Crippen LogP contribution >= 0.6 is 0 Å². The van der Waals surface area contributed by atoms with Gasteiger partial charge in [-0.2, -0.15) is 4.31 Å². The molecule has 0 bridgehead atoms. The summed E-state index contributed by atoms with van der Waals surface area (Å²) in [7, 11) is -3.19. The van der Waals surface area contributed by atoms with Crippen molar-refractivity contribution < 1.29 is 17.9 Å². The number of morpholine rings is 1. The van der Waals surface area contributed by atoms with E-state index in [9.17, 15) is 8.42 Å². The highest BCUT2D eigenvalue weighted by Gasteiger charge is 2.46. The molecule has 128 valence electrons. The van der Waals surface area contributed by atoms with E-state index < -0.39 is 10.0 Å². The molecule has 0 aromatic carbocycles. The van der Waals surface area contributed by atoms with Crippen LogP contribution in [0.15, 0.2) is 24.4 Å². The molecule has 1 aromatic heterocycles. The summed E-state index contributed by atoms with van der Waals surface area (Å²) in [6, 6.07) is 5.63. The van der Waals surface area contributed by atoms with Gasteiger partial charge in [-0.15, -0.1) is 0 Å². The molecular weight excluding hydrogens is 316 g/mol. The van der Waals surface area contributed by atoms with Gasteiger partial charge in [0.1, 0.15) is 6.10 Å². The molecule has 6 nitrogen and oxygen atoms in total. The van der Waals surface area contributed by atoms with E-state index in [0.29, 0.717) is 26.2 Å². The van der Waals surface area contributed by atoms with E-state index in [1.54, 1.807) is 10.5 Å². The Hall–Kier alpha value is -1.02. The summed E-state index contributed by atoms with van der Waals surface area (Å²) in [5.74, 6) is 0.204. The smallest absolute Gasteiger partial charge is 0.214 e. The largest absolute Gasteiger partial charge is 0.372 e. The van der Waals surface area contributed by atoms with Crippen molar-refractivity contribution in [3.05, 3.63) is 30.1 Å². The molecule has 1 aliphatic carbocycles. The van der Waals surface area contributed by atoms with Crippen LogP contribution in [-0.4, -0.2) is 54.9 Å². The highest BCUT2D eigenvalue weighted by Crippen LogP contribution is 2.34. The minimum Gasteiger partial charge on any atom is -0.372 e. The summed E-state index contributed by atoms with van der Waals surface area (Å²) in [6.07, 6.45) is 3.75. The maximum Gasteiger partial charge on any atom is 0.214 e. The Morgan fingerprint density at radius 1 is 1.39 bits per heavy atom. The highest BCUT2D eigenvalue weighted by molar-refractivity contribution is 7.89. The van der Waals surface area contributed by atoms with Gasteiger partial charge in [-0.25, -0.2) is 8.42 Å². The lowest BCUT2D eigenvalue weighted by Crippen LogP contribution is -2.54. The van der Waals surface area contributed by atoms with Crippen molar-refractivity contribution in [2.75, 3.05) is 18.9 Å². The number of aromatic nitrogens is 1. The summed E-state index contributed by atoms with van der Waals surface area (Å²) in [5.41, 5.74) is 0.877. The van der Waals surface area contributed by atoms with Gasteiger partial charge < -0.3 is 9.47 Å². The molecule has 0 radical (unpaired) electrons. The van der Waals surface area contributed by atoms with E-state index in [4.69, 9.17) is 9.47 Å². The average molecular weight is 340 g/mol. The Balaban J connectivity index is 1.64. The summed E-state index contributed by atoms with van der Waals surface area (Å²) in [6.45, 7) is 3.21. The maximum absolute atomic E-state index is 12.4. The molecule has 1 saturated heterocycles. The molecule has 1 aliphatic heterocycles. The molecule has 3 atom stereocenters. The van der Waals surface area contributed by atoms with Gasteiger partial charge in [0.25, 0.3) is 0 Å². The summed E-state index contributed by atoms with van der Waals surface area (Å²) in [5, 5.41) is 0. The van der Waals surface area contributed by atoms with Gasteiger partial charge in [-0.1, -0.05) is 13.0 Å². The van der Waals surface area contributed by atoms with Crippen LogP contribution in [0.1, 0.15) is 31.9 Å². The van der Waals surface area contributed by atoms with Crippen LogP contribution in [-0.2, 0) is 26.1 Å². The highest BCUT2D eigenvalue weighted by atomic mass is 32.2. The third-order valence-corrected chi connectivity index (χ3v) is 6.57. The van der Waals surface area contributed by atoms with Crippen LogP contribution in [0, 0.1) is 0 Å². The molecule has 1 saturated carbocycles. The normalized spacial score (nSPS) is 28.7. The molecule has 0 spiro atoms. The Kier molecular flexibility index (Phi) is 5.31. The SMILES string of the molecule is CCCS(=O)(=O)N1CCO[C@H]2[C@@H](OCc3ccccn3)CC[C@H]21. The topological polar surface area (TPSA) is 68.7 Å². The quantitative estimate of drug-likeness (QED) is 0.786. The van der Waals surface area contributed by atoms with E-state index in [2.05, 4.69) is 4.98 Å². The molecule has 3 rings (SSSR count). The lowest BCUT2D eigenvalue weighted by molar-refractivity contribution is -0.101. The van der Waals surface area contributed by atoms with Gasteiger partial charge >= 0.3 is 0 Å². The lowest BCUT2D eigenvalue weighted by atomic mass is 10.1. The minimum atomic E-state index is -3.19. The summed E-state index contributed by atoms with van der Waals surface area (Å²) >= 11 is 0. The number of hydrogen-bond acceptors (Lipinski definition) is 5. The third-order valence-electron chi connectivity index (χ3n) is 4.48. The van der Waals surface area contributed by atoms with E-state index in [-0.39, 0.29) is 24.0 Å². The fraction of sp³-hybridized carbons (Fsp3) is 0.688. The first-order valence-corrected chi connectivity index (χ1v) is 9.85. The van der Waals surface area contributed by atoms with Crippen molar-refractivity contribution in [1.29, 1.82) is 0 Å². The van der Waals surface area contributed by atoms with Crippen LogP contribution in [0.5, 0.6) is 0 Å². The first-order chi connectivity index (χ1) is 11.1. The van der Waals surface area contributed by atoms with E-state index >= 15 is 0 Å². The van der Waals surface area contributed by atoms with Crippen molar-refractivity contribution in [1.82, 2.24) is 9.29 Å². The van der Waals surface area contributed by atoms with Crippen LogP contribution < -0.4 is 0 Å². The van der Waals surface area contributed by atoms with Gasteiger partial charge in [0.2, 0.25) is 10.0 Å². The fourth-order valence-corrected chi connectivity index (χ4v) is 5.20. The second kappa shape index (κ2) is 7.25. The molecule has 23 heavy (non-hydrogen) atoms.